The minimum Gasteiger partial charge on any atom is -0.335 e. The van der Waals surface area contributed by atoms with E-state index in [0.717, 1.165) is 55.4 Å². The van der Waals surface area contributed by atoms with Gasteiger partial charge >= 0.3 is 0 Å². The Kier molecular flexibility index (Phi) is 5.62. The summed E-state index contributed by atoms with van der Waals surface area (Å²) in [5.74, 6) is 0.118. The van der Waals surface area contributed by atoms with Gasteiger partial charge in [0.25, 0.3) is 0 Å². The van der Waals surface area contributed by atoms with Gasteiger partial charge in [0.05, 0.1) is 11.7 Å². The van der Waals surface area contributed by atoms with Crippen molar-refractivity contribution in [2.75, 3.05) is 13.1 Å². The Morgan fingerprint density at radius 1 is 1.18 bits per heavy atom. The van der Waals surface area contributed by atoms with Crippen LogP contribution in [-0.2, 0) is 17.9 Å². The lowest BCUT2D eigenvalue weighted by atomic mass is 10.1. The molecule has 1 amide bonds. The number of amides is 1. The lowest BCUT2D eigenvalue weighted by Gasteiger charge is -2.30. The molecule has 2 aromatic heterocycles. The number of H-pyrrole nitrogens is 1. The van der Waals surface area contributed by atoms with Gasteiger partial charge in [-0.1, -0.05) is 12.1 Å². The van der Waals surface area contributed by atoms with Crippen molar-refractivity contribution in [3.63, 3.8) is 0 Å². The van der Waals surface area contributed by atoms with Crippen molar-refractivity contribution >= 4 is 16.8 Å². The van der Waals surface area contributed by atoms with E-state index < -0.39 is 0 Å². The molecular formula is C21H26N6O. The molecule has 1 N–H and O–H groups in total. The molecular weight excluding hydrogens is 352 g/mol. The second-order valence-corrected chi connectivity index (χ2v) is 7.55. The maximum Gasteiger partial charge on any atom is 0.219 e. The number of nitrogens with one attached hydrogen (secondary N) is 1. The molecule has 7 nitrogen and oxygen atoms in total. The van der Waals surface area contributed by atoms with Crippen LogP contribution in [0.3, 0.4) is 0 Å². The number of nitrogens with zero attached hydrogens (tertiary/aromatic N) is 5. The van der Waals surface area contributed by atoms with Crippen molar-refractivity contribution in [2.45, 2.75) is 45.3 Å². The first kappa shape index (κ1) is 18.6. The number of aromatic nitrogens is 4. The van der Waals surface area contributed by atoms with Crippen molar-refractivity contribution in [1.82, 2.24) is 30.0 Å². The molecule has 7 heteroatoms. The fourth-order valence-electron chi connectivity index (χ4n) is 4.05. The Morgan fingerprint density at radius 2 is 2.04 bits per heavy atom. The molecule has 28 heavy (non-hydrogen) atoms. The van der Waals surface area contributed by atoms with E-state index in [2.05, 4.69) is 43.3 Å². The van der Waals surface area contributed by atoms with E-state index in [9.17, 15) is 4.79 Å². The van der Waals surface area contributed by atoms with Crippen LogP contribution < -0.4 is 0 Å². The highest BCUT2D eigenvalue weighted by molar-refractivity contribution is 5.78. The van der Waals surface area contributed by atoms with Crippen LogP contribution in [0.25, 0.3) is 10.9 Å². The molecule has 3 aromatic rings. The van der Waals surface area contributed by atoms with E-state index in [1.165, 1.54) is 11.9 Å². The van der Waals surface area contributed by atoms with Crippen LogP contribution in [0.5, 0.6) is 0 Å². The molecule has 0 radical (unpaired) electrons. The monoisotopic (exact) mass is 378 g/mol. The number of hydrogen-bond donors (Lipinski definition) is 1. The van der Waals surface area contributed by atoms with E-state index in [1.807, 2.05) is 11.1 Å². The van der Waals surface area contributed by atoms with Gasteiger partial charge in [-0.15, -0.1) is 0 Å². The molecule has 0 spiro atoms. The highest BCUT2D eigenvalue weighted by Gasteiger charge is 2.25. The van der Waals surface area contributed by atoms with Crippen LogP contribution >= 0.6 is 0 Å². The Bertz CT molecular complexity index is 925. The average molecular weight is 378 g/mol. The quantitative estimate of drug-likeness (QED) is 0.739. The third kappa shape index (κ3) is 4.36. The molecule has 0 saturated carbocycles. The van der Waals surface area contributed by atoms with Crippen LogP contribution in [0, 0.1) is 0 Å². The summed E-state index contributed by atoms with van der Waals surface area (Å²) in [6.07, 6.45) is 10.1. The normalized spacial score (nSPS) is 18.1. The van der Waals surface area contributed by atoms with E-state index in [-0.39, 0.29) is 11.9 Å². The zero-order chi connectivity index (χ0) is 19.3. The van der Waals surface area contributed by atoms with Crippen LogP contribution in [0.2, 0.25) is 0 Å². The van der Waals surface area contributed by atoms with Crippen LogP contribution in [0.1, 0.15) is 37.3 Å². The first-order valence-corrected chi connectivity index (χ1v) is 9.84. The van der Waals surface area contributed by atoms with Gasteiger partial charge in [-0.2, -0.15) is 5.10 Å². The van der Waals surface area contributed by atoms with E-state index in [4.69, 9.17) is 0 Å². The summed E-state index contributed by atoms with van der Waals surface area (Å²) in [4.78, 5) is 24.9. The van der Waals surface area contributed by atoms with Crippen LogP contribution in [0.15, 0.2) is 43.1 Å². The molecule has 0 unspecified atom stereocenters. The molecule has 1 saturated heterocycles. The van der Waals surface area contributed by atoms with E-state index in [1.54, 1.807) is 19.3 Å². The van der Waals surface area contributed by atoms with E-state index >= 15 is 0 Å². The van der Waals surface area contributed by atoms with Gasteiger partial charge < -0.3 is 4.90 Å². The second-order valence-electron chi connectivity index (χ2n) is 7.55. The Balaban J connectivity index is 1.39. The SMILES string of the molecule is CC(=O)N(Cc1cncnc1)[C@H]1CCCN(Cc2ccc3cn[nH]c3c2)CC1. The first-order chi connectivity index (χ1) is 13.7. The molecule has 1 aromatic carbocycles. The summed E-state index contributed by atoms with van der Waals surface area (Å²) in [7, 11) is 0. The molecule has 1 aliphatic heterocycles. The smallest absolute Gasteiger partial charge is 0.219 e. The number of aromatic amines is 1. The van der Waals surface area contributed by atoms with Crippen molar-refractivity contribution in [2.24, 2.45) is 0 Å². The molecule has 0 bridgehead atoms. The third-order valence-electron chi connectivity index (χ3n) is 5.51. The molecule has 1 fully saturated rings. The van der Waals surface area contributed by atoms with Gasteiger partial charge in [0.2, 0.25) is 5.91 Å². The zero-order valence-electron chi connectivity index (χ0n) is 16.2. The number of likely N-dealkylation sites (tertiary alicyclic amines) is 1. The third-order valence-corrected chi connectivity index (χ3v) is 5.51. The molecule has 146 valence electrons. The van der Waals surface area contributed by atoms with Gasteiger partial charge in [-0.3, -0.25) is 14.8 Å². The zero-order valence-corrected chi connectivity index (χ0v) is 16.2. The minimum absolute atomic E-state index is 0.118. The Morgan fingerprint density at radius 3 is 2.86 bits per heavy atom. The van der Waals surface area contributed by atoms with Crippen molar-refractivity contribution in [3.05, 3.63) is 54.2 Å². The number of fused-ring (bicyclic) bond motifs is 1. The van der Waals surface area contributed by atoms with Crippen molar-refractivity contribution < 1.29 is 4.79 Å². The molecule has 1 aliphatic rings. The van der Waals surface area contributed by atoms with Crippen molar-refractivity contribution in [3.8, 4) is 0 Å². The van der Waals surface area contributed by atoms with Gasteiger partial charge in [-0.05, 0) is 37.4 Å². The van der Waals surface area contributed by atoms with Gasteiger partial charge in [0.15, 0.2) is 0 Å². The van der Waals surface area contributed by atoms with Gasteiger partial charge in [0, 0.05) is 55.9 Å². The summed E-state index contributed by atoms with van der Waals surface area (Å²) in [5.41, 5.74) is 3.35. The van der Waals surface area contributed by atoms with Gasteiger partial charge in [0.1, 0.15) is 6.33 Å². The highest BCUT2D eigenvalue weighted by atomic mass is 16.2. The summed E-state index contributed by atoms with van der Waals surface area (Å²) in [5, 5.41) is 8.28. The van der Waals surface area contributed by atoms with E-state index in [0.29, 0.717) is 6.54 Å². The molecule has 1 atom stereocenters. The van der Waals surface area contributed by atoms with Crippen LogP contribution in [0.4, 0.5) is 0 Å². The maximum absolute atomic E-state index is 12.3. The summed E-state index contributed by atoms with van der Waals surface area (Å²) >= 11 is 0. The lowest BCUT2D eigenvalue weighted by molar-refractivity contribution is -0.132. The number of carbonyl (C=O) groups is 1. The first-order valence-electron chi connectivity index (χ1n) is 9.84. The summed E-state index contributed by atoms with van der Waals surface area (Å²) in [6, 6.07) is 6.74. The summed E-state index contributed by atoms with van der Waals surface area (Å²) in [6.45, 7) is 5.20. The largest absolute Gasteiger partial charge is 0.335 e. The Labute approximate surface area is 164 Å². The Hall–Kier alpha value is -2.80. The second kappa shape index (κ2) is 8.48. The molecule has 0 aliphatic carbocycles. The molecule has 4 rings (SSSR count). The lowest BCUT2D eigenvalue weighted by Crippen LogP contribution is -2.39. The number of rotatable bonds is 5. The number of benzene rings is 1. The number of hydrogen-bond acceptors (Lipinski definition) is 5. The fourth-order valence-corrected chi connectivity index (χ4v) is 4.05. The highest BCUT2D eigenvalue weighted by Crippen LogP contribution is 2.21. The topological polar surface area (TPSA) is 78.0 Å². The standard InChI is InChI=1S/C21H26N6O/c1-16(28)27(14-18-10-22-15-23-11-18)20-3-2-7-26(8-6-20)13-17-4-5-19-12-24-25-21(19)9-17/h4-5,9-12,15,20H,2-3,6-8,13-14H2,1H3,(H,24,25)/t20-/m0/s1. The van der Waals surface area contributed by atoms with Crippen molar-refractivity contribution in [1.29, 1.82) is 0 Å². The average Bonchev–Trinajstić information content (AvgIpc) is 3.05. The van der Waals surface area contributed by atoms with Crippen LogP contribution in [-0.4, -0.2) is 55.0 Å². The number of carbonyl (C=O) groups excluding carboxylic acids is 1. The predicted molar refractivity (Wildman–Crippen MR) is 107 cm³/mol. The molecule has 3 heterocycles. The minimum atomic E-state index is 0.118. The predicted octanol–water partition coefficient (Wildman–Crippen LogP) is 2.76. The maximum atomic E-state index is 12.3. The summed E-state index contributed by atoms with van der Waals surface area (Å²) < 4.78 is 0. The van der Waals surface area contributed by atoms with Gasteiger partial charge in [-0.25, -0.2) is 9.97 Å². The fraction of sp³-hybridized carbons (Fsp3) is 0.429.